The molecule has 0 aliphatic heterocycles. The van der Waals surface area contributed by atoms with Crippen LogP contribution in [-0.4, -0.2) is 33.3 Å². The number of hydrogen-bond donors (Lipinski definition) is 1. The molecule has 6 heteroatoms. The van der Waals surface area contributed by atoms with Gasteiger partial charge in [-0.25, -0.2) is 8.42 Å². The Balaban J connectivity index is 3.77. The van der Waals surface area contributed by atoms with Gasteiger partial charge in [-0.2, -0.15) is 0 Å². The molecule has 0 saturated carbocycles. The second-order valence-corrected chi connectivity index (χ2v) is 4.41. The molecular formula is C6H13NO4S. The van der Waals surface area contributed by atoms with Crippen LogP contribution in [0.2, 0.25) is 0 Å². The van der Waals surface area contributed by atoms with Gasteiger partial charge in [-0.1, -0.05) is 0 Å². The van der Waals surface area contributed by atoms with Crippen molar-refractivity contribution in [1.82, 2.24) is 4.72 Å². The number of rotatable bonds is 4. The highest BCUT2D eigenvalue weighted by Crippen LogP contribution is 1.86. The monoisotopic (exact) mass is 195 g/mol. The molecule has 0 aromatic heterocycles. The lowest BCUT2D eigenvalue weighted by atomic mass is 10.5. The van der Waals surface area contributed by atoms with Crippen LogP contribution < -0.4 is 4.72 Å². The van der Waals surface area contributed by atoms with E-state index < -0.39 is 15.9 Å². The van der Waals surface area contributed by atoms with E-state index in [1.807, 2.05) is 0 Å². The molecule has 12 heavy (non-hydrogen) atoms. The van der Waals surface area contributed by atoms with E-state index >= 15 is 0 Å². The van der Waals surface area contributed by atoms with Crippen LogP contribution in [0.4, 0.5) is 0 Å². The summed E-state index contributed by atoms with van der Waals surface area (Å²) in [5.74, 6) is -0.647. The van der Waals surface area contributed by atoms with Crippen molar-refractivity contribution in [2.45, 2.75) is 20.0 Å². The van der Waals surface area contributed by atoms with E-state index in [1.54, 1.807) is 18.6 Å². The van der Waals surface area contributed by atoms with E-state index in [-0.39, 0.29) is 12.7 Å². The van der Waals surface area contributed by atoms with Crippen molar-refractivity contribution in [3.63, 3.8) is 0 Å². The van der Waals surface area contributed by atoms with Crippen LogP contribution in [0.25, 0.3) is 0 Å². The predicted molar refractivity (Wildman–Crippen MR) is 44.1 cm³/mol. The maximum absolute atomic E-state index is 10.7. The first-order chi connectivity index (χ1) is 5.31. The van der Waals surface area contributed by atoms with Crippen LogP contribution in [-0.2, 0) is 19.6 Å². The third kappa shape index (κ3) is 7.49. The summed E-state index contributed by atoms with van der Waals surface area (Å²) >= 11 is 0. The number of hydrogen-bond acceptors (Lipinski definition) is 4. The Morgan fingerprint density at radius 2 is 2.00 bits per heavy atom. The standard InChI is InChI=1S/C6H13NO4S/c1-5(2)11-4-6(8)7-12(3,9)10/h5H,4H2,1-3H3,(H,7,8). The molecule has 0 unspecified atom stereocenters. The molecule has 0 rings (SSSR count). The van der Waals surface area contributed by atoms with E-state index in [0.717, 1.165) is 6.26 Å². The molecule has 5 nitrogen and oxygen atoms in total. The predicted octanol–water partition coefficient (Wildman–Crippen LogP) is -0.513. The number of nitrogens with one attached hydrogen (secondary N) is 1. The molecule has 0 spiro atoms. The van der Waals surface area contributed by atoms with Crippen molar-refractivity contribution in [3.8, 4) is 0 Å². The van der Waals surface area contributed by atoms with Gasteiger partial charge in [0.05, 0.1) is 12.4 Å². The highest BCUT2D eigenvalue weighted by molar-refractivity contribution is 7.89. The minimum atomic E-state index is -3.45. The Kier molecular flexibility index (Phi) is 4.19. The summed E-state index contributed by atoms with van der Waals surface area (Å²) in [5, 5.41) is 0. The summed E-state index contributed by atoms with van der Waals surface area (Å²) < 4.78 is 27.7. The number of carbonyl (C=O) groups excluding carboxylic acids is 1. The highest BCUT2D eigenvalue weighted by Gasteiger charge is 2.08. The van der Waals surface area contributed by atoms with Crippen LogP contribution in [0.1, 0.15) is 13.8 Å². The molecule has 0 aliphatic rings. The molecule has 0 aliphatic carbocycles. The van der Waals surface area contributed by atoms with Gasteiger partial charge in [0.2, 0.25) is 10.0 Å². The highest BCUT2D eigenvalue weighted by atomic mass is 32.2. The van der Waals surface area contributed by atoms with Crippen molar-refractivity contribution in [2.75, 3.05) is 12.9 Å². The number of carbonyl (C=O) groups is 1. The summed E-state index contributed by atoms with van der Waals surface area (Å²) in [4.78, 5) is 10.7. The summed E-state index contributed by atoms with van der Waals surface area (Å²) in [6.45, 7) is 3.28. The van der Waals surface area contributed by atoms with Gasteiger partial charge in [0.25, 0.3) is 5.91 Å². The summed E-state index contributed by atoms with van der Waals surface area (Å²) in [6, 6.07) is 0. The van der Waals surface area contributed by atoms with Gasteiger partial charge in [0, 0.05) is 0 Å². The summed E-state index contributed by atoms with van der Waals surface area (Å²) in [5.41, 5.74) is 0. The second kappa shape index (κ2) is 4.42. The molecule has 0 aromatic rings. The van der Waals surface area contributed by atoms with E-state index in [9.17, 15) is 13.2 Å². The number of ether oxygens (including phenoxy) is 1. The molecule has 0 radical (unpaired) electrons. The fourth-order valence-corrected chi connectivity index (χ4v) is 0.951. The quantitative estimate of drug-likeness (QED) is 0.655. The molecule has 0 saturated heterocycles. The van der Waals surface area contributed by atoms with Gasteiger partial charge < -0.3 is 4.74 Å². The van der Waals surface area contributed by atoms with E-state index in [4.69, 9.17) is 4.74 Å². The van der Waals surface area contributed by atoms with Crippen LogP contribution >= 0.6 is 0 Å². The average Bonchev–Trinajstić information content (AvgIpc) is 1.79. The molecule has 1 N–H and O–H groups in total. The van der Waals surface area contributed by atoms with E-state index in [1.165, 1.54) is 0 Å². The lowest BCUT2D eigenvalue weighted by Gasteiger charge is -2.06. The molecule has 0 fully saturated rings. The smallest absolute Gasteiger partial charge is 0.259 e. The van der Waals surface area contributed by atoms with Crippen molar-refractivity contribution in [3.05, 3.63) is 0 Å². The average molecular weight is 195 g/mol. The lowest BCUT2D eigenvalue weighted by Crippen LogP contribution is -2.33. The largest absolute Gasteiger partial charge is 0.369 e. The Morgan fingerprint density at radius 3 is 2.33 bits per heavy atom. The SMILES string of the molecule is CC(C)OCC(=O)NS(C)(=O)=O. The van der Waals surface area contributed by atoms with Crippen molar-refractivity contribution in [2.24, 2.45) is 0 Å². The van der Waals surface area contributed by atoms with Crippen molar-refractivity contribution >= 4 is 15.9 Å². The zero-order valence-electron chi connectivity index (χ0n) is 7.33. The number of sulfonamides is 1. The zero-order chi connectivity index (χ0) is 9.78. The van der Waals surface area contributed by atoms with Gasteiger partial charge in [0.1, 0.15) is 6.61 Å². The molecule has 0 atom stereocenters. The zero-order valence-corrected chi connectivity index (χ0v) is 8.14. The molecule has 0 bridgehead atoms. The van der Waals surface area contributed by atoms with Crippen LogP contribution in [0.5, 0.6) is 0 Å². The molecule has 0 aromatic carbocycles. The number of amides is 1. The normalized spacial score (nSPS) is 11.7. The first-order valence-electron chi connectivity index (χ1n) is 3.43. The summed E-state index contributed by atoms with van der Waals surface area (Å²) in [6.07, 6.45) is 0.829. The maximum atomic E-state index is 10.7. The van der Waals surface area contributed by atoms with Gasteiger partial charge in [-0.3, -0.25) is 9.52 Å². The van der Waals surface area contributed by atoms with Gasteiger partial charge in [0.15, 0.2) is 0 Å². The Hall–Kier alpha value is -0.620. The van der Waals surface area contributed by atoms with Crippen LogP contribution in [0.3, 0.4) is 0 Å². The maximum Gasteiger partial charge on any atom is 0.259 e. The van der Waals surface area contributed by atoms with Gasteiger partial charge in [-0.05, 0) is 13.8 Å². The fraction of sp³-hybridized carbons (Fsp3) is 0.833. The summed E-state index contributed by atoms with van der Waals surface area (Å²) in [7, 11) is -3.45. The van der Waals surface area contributed by atoms with Crippen LogP contribution in [0, 0.1) is 0 Å². The third-order valence-corrected chi connectivity index (χ3v) is 1.45. The molecule has 0 heterocycles. The van der Waals surface area contributed by atoms with E-state index in [2.05, 4.69) is 0 Å². The first-order valence-corrected chi connectivity index (χ1v) is 5.32. The Morgan fingerprint density at radius 1 is 1.50 bits per heavy atom. The molecule has 72 valence electrons. The topological polar surface area (TPSA) is 72.5 Å². The van der Waals surface area contributed by atoms with Crippen molar-refractivity contribution < 1.29 is 17.9 Å². The Bertz CT molecular complexity index is 244. The minimum Gasteiger partial charge on any atom is -0.369 e. The van der Waals surface area contributed by atoms with Crippen molar-refractivity contribution in [1.29, 1.82) is 0 Å². The molecular weight excluding hydrogens is 182 g/mol. The Labute approximate surface area is 72.1 Å². The van der Waals surface area contributed by atoms with Gasteiger partial charge in [-0.15, -0.1) is 0 Å². The molecule has 1 amide bonds. The van der Waals surface area contributed by atoms with E-state index in [0.29, 0.717) is 0 Å². The third-order valence-electron chi connectivity index (χ3n) is 0.847. The fourth-order valence-electron chi connectivity index (χ4n) is 0.479. The van der Waals surface area contributed by atoms with Crippen LogP contribution in [0.15, 0.2) is 0 Å². The lowest BCUT2D eigenvalue weighted by molar-refractivity contribution is -0.125. The minimum absolute atomic E-state index is 0.0877. The second-order valence-electron chi connectivity index (χ2n) is 2.66. The first kappa shape index (κ1) is 11.4. The van der Waals surface area contributed by atoms with Gasteiger partial charge >= 0.3 is 0 Å².